The maximum Gasteiger partial charge on any atom is 0.490 e. The number of fused-ring (bicyclic) bond motifs is 3. The molecule has 9 heterocycles. The van der Waals surface area contributed by atoms with Crippen LogP contribution in [-0.4, -0.2) is 177 Å². The lowest BCUT2D eigenvalue weighted by atomic mass is 10.1. The molecule has 43 heteroatoms. The van der Waals surface area contributed by atoms with E-state index < -0.39 is 136 Å². The average Bonchev–Trinajstić information content (AvgIpc) is 4.18. The molecular weight excluding hydrogens is 1110 g/mol. The molecule has 0 bridgehead atoms. The third-order valence-electron chi connectivity index (χ3n) is 11.8. The monoisotopic (exact) mass is 1160 g/mol. The molecule has 6 aromatic heterocycles. The van der Waals surface area contributed by atoms with Crippen molar-refractivity contribution in [2.75, 3.05) is 51.2 Å². The number of ether oxygens (including phenoxy) is 5. The summed E-state index contributed by atoms with van der Waals surface area (Å²) in [5.41, 5.74) is 15.6. The minimum atomic E-state index is -6.18. The summed E-state index contributed by atoms with van der Waals surface area (Å²) in [4.78, 5) is 96.1. The number of aromatic amines is 2. The first-order valence-electron chi connectivity index (χ1n) is 21.5. The first kappa shape index (κ1) is 55.6. The first-order chi connectivity index (χ1) is 35.7. The molecule has 416 valence electrons. The average molecular weight is 1160 g/mol. The van der Waals surface area contributed by atoms with Gasteiger partial charge < -0.3 is 75.8 Å². The van der Waals surface area contributed by atoms with Crippen molar-refractivity contribution in [1.29, 1.82) is 0 Å². The fourth-order valence-electron chi connectivity index (χ4n) is 8.57. The van der Waals surface area contributed by atoms with E-state index >= 15 is 0 Å². The van der Waals surface area contributed by atoms with Crippen LogP contribution in [0.25, 0.3) is 33.5 Å². The zero-order valence-electron chi connectivity index (χ0n) is 38.9. The molecule has 0 amide bonds. The number of phosphoric acid groups is 4. The molecule has 3 fully saturated rings. The predicted octanol–water partition coefficient (Wildman–Crippen LogP) is -4.06. The summed E-state index contributed by atoms with van der Waals surface area (Å²) < 4.78 is 115. The molecule has 3 aliphatic rings. The second-order valence-corrected chi connectivity index (χ2v) is 22.7. The van der Waals surface area contributed by atoms with E-state index in [0.29, 0.717) is 0 Å². The zero-order valence-corrected chi connectivity index (χ0v) is 42.5. The molecule has 0 radical (unpaired) electrons. The molecule has 3 saturated heterocycles. The van der Waals surface area contributed by atoms with E-state index in [9.17, 15) is 62.7 Å². The van der Waals surface area contributed by atoms with Gasteiger partial charge in [-0.25, -0.2) is 42.8 Å². The highest BCUT2D eigenvalue weighted by Gasteiger charge is 2.54. The maximum absolute atomic E-state index is 13.7. The number of nitrogens with zero attached hydrogens (tertiary/aromatic N) is 10. The fourth-order valence-corrected chi connectivity index (χ4v) is 13.0. The normalized spacial score (nSPS) is 30.2. The van der Waals surface area contributed by atoms with Crippen molar-refractivity contribution in [2.45, 2.75) is 73.6 Å². The van der Waals surface area contributed by atoms with Crippen molar-refractivity contribution in [3.05, 3.63) is 46.0 Å². The summed E-state index contributed by atoms with van der Waals surface area (Å²) in [5.74, 6) is -0.671. The standard InChI is InChI=1S/C33H45N15O24P4/c1-45-10-48(26-16(45)28(53)44-33(36)42-26)30-19(51)20(62-2)12(68-30)5-65-74(56,57)71-76(60,61)72-75(58,59)66-6-13-21(22(63-3)31(69-13)46-8-39-14-23(34)37-7-38-24(14)46)70-73(54,55)64-4-11-17(49)18(50)29(67-11)47-9-40-15-25(47)41-32(35)43-27(15)52/h7-13,17-22,29-31,49-51H,4-6H2,1-3H3,(H11-,34,35,36,37,38,41,42,43,44,52,53,54,55,56,57,58,59,60,61)/p+1/t11-,12-,13-,17?,18+,19+,20?,21+,22?,29-,30-,31-/m1/s1. The largest absolute Gasteiger partial charge is 0.490 e. The molecule has 0 spiro atoms. The third kappa shape index (κ3) is 11.0. The van der Waals surface area contributed by atoms with E-state index in [1.165, 1.54) is 27.1 Å². The molecule has 0 saturated carbocycles. The van der Waals surface area contributed by atoms with Crippen LogP contribution in [0.2, 0.25) is 0 Å². The Hall–Kier alpha value is -5.15. The number of rotatable bonds is 20. The number of aliphatic hydroxyl groups excluding tert-OH is 3. The third-order valence-corrected chi connectivity index (χ3v) is 17.0. The van der Waals surface area contributed by atoms with Gasteiger partial charge >= 0.3 is 36.9 Å². The highest BCUT2D eigenvalue weighted by Crippen LogP contribution is 2.68. The number of imidazole rings is 3. The van der Waals surface area contributed by atoms with Gasteiger partial charge in [-0.2, -0.15) is 13.6 Å². The van der Waals surface area contributed by atoms with E-state index in [1.807, 2.05) is 0 Å². The maximum atomic E-state index is 13.7. The van der Waals surface area contributed by atoms with Crippen LogP contribution in [-0.2, 0) is 75.7 Å². The van der Waals surface area contributed by atoms with E-state index in [0.717, 1.165) is 37.8 Å². The van der Waals surface area contributed by atoms with E-state index in [2.05, 4.69) is 48.5 Å². The molecule has 6 aromatic rings. The second kappa shape index (κ2) is 20.9. The van der Waals surface area contributed by atoms with Gasteiger partial charge in [-0.1, -0.05) is 4.98 Å². The molecule has 7 unspecified atom stereocenters. The molecule has 3 aliphatic heterocycles. The van der Waals surface area contributed by atoms with Crippen molar-refractivity contribution in [2.24, 2.45) is 7.05 Å². The molecule has 16 atom stereocenters. The lowest BCUT2D eigenvalue weighted by molar-refractivity contribution is -0.745. The number of hydrogen-bond acceptors (Lipinski definition) is 29. The van der Waals surface area contributed by atoms with Gasteiger partial charge in [0, 0.05) is 14.2 Å². The summed E-state index contributed by atoms with van der Waals surface area (Å²) in [7, 11) is -19.7. The van der Waals surface area contributed by atoms with Crippen LogP contribution in [0, 0.1) is 0 Å². The quantitative estimate of drug-likeness (QED) is 0.0256. The molecule has 76 heavy (non-hydrogen) atoms. The first-order valence-corrected chi connectivity index (χ1v) is 27.5. The molecule has 0 aromatic carbocycles. The lowest BCUT2D eigenvalue weighted by Gasteiger charge is -2.26. The minimum Gasteiger partial charge on any atom is -0.387 e. The number of nitrogens with one attached hydrogen (secondary N) is 2. The molecule has 39 nitrogen and oxygen atoms in total. The Kier molecular flexibility index (Phi) is 15.3. The number of aliphatic hydroxyl groups is 3. The van der Waals surface area contributed by atoms with Crippen LogP contribution in [0.5, 0.6) is 0 Å². The summed E-state index contributed by atoms with van der Waals surface area (Å²) in [6.45, 7) is -3.25. The number of anilines is 3. The number of phosphoric ester groups is 3. The SMILES string of the molecule is COC1[C@@H](OP(=O)(O)OC[C@H]2O[C@@H](n3cnc4c(=O)[nH]c(N)nc43)[C@@H](O)C2O)[C@@H](COP(=O)(O)OP(=O)(O)OP(=O)(O)OC[C@H]2O[C@@H]([n+]3cn(C)c4c(=O)[nH]c(N)nc43)[C@@H](O)C2OC)O[C@H]1n1cnc2c(N)ncnc21. The van der Waals surface area contributed by atoms with Crippen LogP contribution < -0.4 is 32.9 Å². The highest BCUT2D eigenvalue weighted by molar-refractivity contribution is 7.66. The molecule has 9 rings (SSSR count). The van der Waals surface area contributed by atoms with Gasteiger partial charge in [0.25, 0.3) is 17.1 Å². The van der Waals surface area contributed by atoms with Crippen LogP contribution in [0.4, 0.5) is 17.7 Å². The van der Waals surface area contributed by atoms with Gasteiger partial charge in [0.15, 0.2) is 41.4 Å². The Balaban J connectivity index is 0.866. The van der Waals surface area contributed by atoms with E-state index in [4.69, 9.17) is 59.0 Å². The van der Waals surface area contributed by atoms with Crippen molar-refractivity contribution in [3.8, 4) is 0 Å². The Morgan fingerprint density at radius 2 is 1.22 bits per heavy atom. The van der Waals surface area contributed by atoms with Gasteiger partial charge in [0.05, 0.1) is 39.5 Å². The van der Waals surface area contributed by atoms with Gasteiger partial charge in [-0.3, -0.25) is 51.4 Å². The number of nitrogen functional groups attached to an aromatic ring is 3. The van der Waals surface area contributed by atoms with Crippen molar-refractivity contribution in [1.82, 2.24) is 53.6 Å². The smallest absolute Gasteiger partial charge is 0.387 e. The Morgan fingerprint density at radius 3 is 1.88 bits per heavy atom. The molecule has 0 aliphatic carbocycles. The molecule has 15 N–H and O–H groups in total. The van der Waals surface area contributed by atoms with Gasteiger partial charge in [-0.05, 0) is 0 Å². The van der Waals surface area contributed by atoms with Crippen molar-refractivity contribution >= 4 is 82.5 Å². The van der Waals surface area contributed by atoms with Crippen LogP contribution in [0.15, 0.2) is 34.9 Å². The summed E-state index contributed by atoms with van der Waals surface area (Å²) in [6.07, 6.45) is -14.5. The van der Waals surface area contributed by atoms with Gasteiger partial charge in [0.1, 0.15) is 66.8 Å². The van der Waals surface area contributed by atoms with Crippen molar-refractivity contribution in [3.63, 3.8) is 0 Å². The van der Waals surface area contributed by atoms with Crippen LogP contribution in [0.1, 0.15) is 18.7 Å². The fraction of sp³-hybridized carbons (Fsp3) is 0.545. The van der Waals surface area contributed by atoms with E-state index in [-0.39, 0.29) is 51.2 Å². The Labute approximate surface area is 421 Å². The minimum absolute atomic E-state index is 0.0137. The van der Waals surface area contributed by atoms with Crippen LogP contribution in [0.3, 0.4) is 0 Å². The van der Waals surface area contributed by atoms with Crippen molar-refractivity contribution < 1.29 is 108 Å². The number of methoxy groups -OCH3 is 2. The number of hydrogen-bond donors (Lipinski definition) is 12. The van der Waals surface area contributed by atoms with Gasteiger partial charge in [-0.15, -0.1) is 0 Å². The zero-order chi connectivity index (χ0) is 55.0. The van der Waals surface area contributed by atoms with Gasteiger partial charge in [0.2, 0.25) is 17.7 Å². The topological polar surface area (TPSA) is 551 Å². The number of nitrogens with two attached hydrogens (primary N) is 3. The number of H-pyrrole nitrogens is 2. The number of aromatic nitrogens is 12. The highest BCUT2D eigenvalue weighted by atomic mass is 31.3. The van der Waals surface area contributed by atoms with E-state index in [1.54, 1.807) is 0 Å². The summed E-state index contributed by atoms with van der Waals surface area (Å²) in [6, 6.07) is 0. The Bertz CT molecular complexity index is 3490. The lowest BCUT2D eigenvalue weighted by Crippen LogP contribution is -2.46. The predicted molar refractivity (Wildman–Crippen MR) is 244 cm³/mol. The number of aryl methyl sites for hydroxylation is 1. The second-order valence-electron chi connectivity index (χ2n) is 16.7. The summed E-state index contributed by atoms with van der Waals surface area (Å²) in [5, 5.41) is 32.8. The Morgan fingerprint density at radius 1 is 0.658 bits per heavy atom. The summed E-state index contributed by atoms with van der Waals surface area (Å²) >= 11 is 0. The molecular formula is C33H46N15O24P4+. The van der Waals surface area contributed by atoms with Crippen LogP contribution >= 0.6 is 31.3 Å².